The molecule has 5 heteroatoms. The summed E-state index contributed by atoms with van der Waals surface area (Å²) in [6.45, 7) is 0. The highest BCUT2D eigenvalue weighted by Gasteiger charge is 2.23. The molecule has 24 heavy (non-hydrogen) atoms. The predicted octanol–water partition coefficient (Wildman–Crippen LogP) is 3.79. The summed E-state index contributed by atoms with van der Waals surface area (Å²) >= 11 is 1.71. The van der Waals surface area contributed by atoms with Crippen LogP contribution < -0.4 is 10.1 Å². The third-order valence-corrected chi connectivity index (χ3v) is 5.12. The summed E-state index contributed by atoms with van der Waals surface area (Å²) in [6.07, 6.45) is 10.5. The minimum Gasteiger partial charge on any atom is -0.490 e. The van der Waals surface area contributed by atoms with Crippen LogP contribution in [0.4, 0.5) is 0 Å². The highest BCUT2D eigenvalue weighted by Crippen LogP contribution is 2.29. The molecule has 1 aromatic carbocycles. The molecule has 1 saturated carbocycles. The van der Waals surface area contributed by atoms with Crippen molar-refractivity contribution in [2.45, 2.75) is 44.2 Å². The van der Waals surface area contributed by atoms with E-state index in [9.17, 15) is 4.79 Å². The van der Waals surface area contributed by atoms with Gasteiger partial charge in [-0.2, -0.15) is 11.8 Å². The molecule has 1 N–H and O–H groups in total. The minimum atomic E-state index is 0.176. The highest BCUT2D eigenvalue weighted by atomic mass is 32.2. The van der Waals surface area contributed by atoms with E-state index in [4.69, 9.17) is 4.74 Å². The number of carbonyl (C=O) groups excluding carboxylic acids is 1. The molecule has 0 atom stereocenters. The quantitative estimate of drug-likeness (QED) is 0.866. The van der Waals surface area contributed by atoms with E-state index < -0.39 is 0 Å². The fourth-order valence-corrected chi connectivity index (χ4v) is 3.58. The lowest BCUT2D eigenvalue weighted by molar-refractivity contribution is -0.121. The number of hydrogen-bond donors (Lipinski definition) is 1. The summed E-state index contributed by atoms with van der Waals surface area (Å²) < 4.78 is 6.24. The Labute approximate surface area is 147 Å². The molecular formula is C19H24N2O2S. The summed E-state index contributed by atoms with van der Waals surface area (Å²) in [5, 5.41) is 5.36. The lowest BCUT2D eigenvalue weighted by Crippen LogP contribution is -2.39. The van der Waals surface area contributed by atoms with E-state index in [0.717, 1.165) is 48.0 Å². The van der Waals surface area contributed by atoms with Gasteiger partial charge in [0.1, 0.15) is 5.75 Å². The van der Waals surface area contributed by atoms with Gasteiger partial charge in [-0.15, -0.1) is 0 Å². The van der Waals surface area contributed by atoms with Crippen LogP contribution in [0.25, 0.3) is 10.8 Å². The number of nitrogens with zero attached hydrogens (tertiary/aromatic N) is 1. The summed E-state index contributed by atoms with van der Waals surface area (Å²) in [5.74, 6) is 2.00. The second kappa shape index (κ2) is 8.38. The number of rotatable bonds is 6. The third kappa shape index (κ3) is 4.41. The first-order valence-corrected chi connectivity index (χ1v) is 9.93. The molecule has 128 valence electrons. The smallest absolute Gasteiger partial charge is 0.221 e. The van der Waals surface area contributed by atoms with Gasteiger partial charge in [-0.3, -0.25) is 9.78 Å². The molecule has 0 radical (unpaired) electrons. The molecule has 0 aliphatic heterocycles. The van der Waals surface area contributed by atoms with E-state index in [2.05, 4.69) is 16.4 Å². The number of ether oxygens (including phenoxy) is 1. The van der Waals surface area contributed by atoms with Crippen molar-refractivity contribution < 1.29 is 9.53 Å². The SMILES string of the molecule is CSCCC(=O)NC1CCC(Oc2cccc3cnccc23)CC1. The zero-order chi connectivity index (χ0) is 16.8. The number of carbonyl (C=O) groups is 1. The summed E-state index contributed by atoms with van der Waals surface area (Å²) in [4.78, 5) is 16.0. The van der Waals surface area contributed by atoms with Gasteiger partial charge in [0.15, 0.2) is 0 Å². The second-order valence-corrected chi connectivity index (χ2v) is 7.24. The maximum atomic E-state index is 11.8. The van der Waals surface area contributed by atoms with Crippen molar-refractivity contribution >= 4 is 28.4 Å². The van der Waals surface area contributed by atoms with Crippen LogP contribution in [-0.4, -0.2) is 35.0 Å². The van der Waals surface area contributed by atoms with Crippen molar-refractivity contribution in [3.05, 3.63) is 36.7 Å². The topological polar surface area (TPSA) is 51.2 Å². The molecule has 0 bridgehead atoms. The van der Waals surface area contributed by atoms with Crippen LogP contribution in [0.1, 0.15) is 32.1 Å². The van der Waals surface area contributed by atoms with Crippen molar-refractivity contribution in [3.8, 4) is 5.75 Å². The van der Waals surface area contributed by atoms with Crippen LogP contribution in [0.5, 0.6) is 5.75 Å². The number of aromatic nitrogens is 1. The molecule has 0 unspecified atom stereocenters. The molecule has 1 aliphatic carbocycles. The van der Waals surface area contributed by atoms with Crippen molar-refractivity contribution in [3.63, 3.8) is 0 Å². The Kier molecular flexibility index (Phi) is 5.96. The maximum Gasteiger partial charge on any atom is 0.221 e. The largest absolute Gasteiger partial charge is 0.490 e. The molecule has 0 spiro atoms. The zero-order valence-electron chi connectivity index (χ0n) is 14.0. The molecule has 2 aromatic rings. The molecule has 3 rings (SSSR count). The van der Waals surface area contributed by atoms with Gasteiger partial charge in [-0.1, -0.05) is 12.1 Å². The van der Waals surface area contributed by atoms with E-state index >= 15 is 0 Å². The van der Waals surface area contributed by atoms with E-state index in [1.807, 2.05) is 30.7 Å². The lowest BCUT2D eigenvalue weighted by atomic mass is 9.92. The number of pyridine rings is 1. The van der Waals surface area contributed by atoms with Crippen LogP contribution in [0.2, 0.25) is 0 Å². The number of benzene rings is 1. The Hall–Kier alpha value is -1.75. The third-order valence-electron chi connectivity index (χ3n) is 4.51. The van der Waals surface area contributed by atoms with Gasteiger partial charge in [0.2, 0.25) is 5.91 Å². The van der Waals surface area contributed by atoms with Crippen LogP contribution in [0.15, 0.2) is 36.7 Å². The van der Waals surface area contributed by atoms with E-state index in [1.54, 1.807) is 18.0 Å². The summed E-state index contributed by atoms with van der Waals surface area (Å²) in [5.41, 5.74) is 0. The summed E-state index contributed by atoms with van der Waals surface area (Å²) in [6, 6.07) is 8.39. The first-order chi connectivity index (χ1) is 11.8. The van der Waals surface area contributed by atoms with Crippen molar-refractivity contribution in [1.82, 2.24) is 10.3 Å². The minimum absolute atomic E-state index is 0.176. The van der Waals surface area contributed by atoms with Gasteiger partial charge >= 0.3 is 0 Å². The van der Waals surface area contributed by atoms with E-state index in [0.29, 0.717) is 12.5 Å². The lowest BCUT2D eigenvalue weighted by Gasteiger charge is -2.29. The number of nitrogens with one attached hydrogen (secondary N) is 1. The predicted molar refractivity (Wildman–Crippen MR) is 99.6 cm³/mol. The average Bonchev–Trinajstić information content (AvgIpc) is 2.62. The summed E-state index contributed by atoms with van der Waals surface area (Å²) in [7, 11) is 0. The fourth-order valence-electron chi connectivity index (χ4n) is 3.19. The molecule has 1 aliphatic rings. The van der Waals surface area contributed by atoms with Crippen LogP contribution >= 0.6 is 11.8 Å². The van der Waals surface area contributed by atoms with Gasteiger partial charge in [-0.25, -0.2) is 0 Å². The normalized spacial score (nSPS) is 20.7. The fraction of sp³-hybridized carbons (Fsp3) is 0.474. The van der Waals surface area contributed by atoms with Crippen molar-refractivity contribution in [2.24, 2.45) is 0 Å². The Morgan fingerprint density at radius 2 is 2.12 bits per heavy atom. The molecule has 1 aromatic heterocycles. The molecular weight excluding hydrogens is 320 g/mol. The number of amides is 1. The second-order valence-electron chi connectivity index (χ2n) is 6.25. The zero-order valence-corrected chi connectivity index (χ0v) is 14.8. The monoisotopic (exact) mass is 344 g/mol. The molecule has 0 saturated heterocycles. The molecule has 1 fully saturated rings. The van der Waals surface area contributed by atoms with Gasteiger partial charge in [-0.05, 0) is 44.1 Å². The van der Waals surface area contributed by atoms with Crippen LogP contribution in [0.3, 0.4) is 0 Å². The maximum absolute atomic E-state index is 11.8. The van der Waals surface area contributed by atoms with Crippen molar-refractivity contribution in [2.75, 3.05) is 12.0 Å². The van der Waals surface area contributed by atoms with Gasteiger partial charge in [0, 0.05) is 41.4 Å². The number of fused-ring (bicyclic) bond motifs is 1. The standard InChI is InChI=1S/C19H24N2O2S/c1-24-12-10-19(22)21-15-5-7-16(8-6-15)23-18-4-2-3-14-13-20-11-9-17(14)18/h2-4,9,11,13,15-16H,5-8,10,12H2,1H3,(H,21,22). The average molecular weight is 344 g/mol. The first-order valence-electron chi connectivity index (χ1n) is 8.54. The van der Waals surface area contributed by atoms with Crippen molar-refractivity contribution in [1.29, 1.82) is 0 Å². The molecule has 1 heterocycles. The molecule has 1 amide bonds. The first kappa shape index (κ1) is 17.1. The highest BCUT2D eigenvalue weighted by molar-refractivity contribution is 7.98. The number of thioether (sulfide) groups is 1. The van der Waals surface area contributed by atoms with Crippen LogP contribution in [0, 0.1) is 0 Å². The van der Waals surface area contributed by atoms with E-state index in [-0.39, 0.29) is 12.0 Å². The molecule has 4 nitrogen and oxygen atoms in total. The van der Waals surface area contributed by atoms with E-state index in [1.165, 1.54) is 0 Å². The Morgan fingerprint density at radius 3 is 2.92 bits per heavy atom. The van der Waals surface area contributed by atoms with Gasteiger partial charge in [0.25, 0.3) is 0 Å². The Balaban J connectivity index is 1.53. The Morgan fingerprint density at radius 1 is 1.29 bits per heavy atom. The van der Waals surface area contributed by atoms with Gasteiger partial charge in [0.05, 0.1) is 6.10 Å². The Bertz CT molecular complexity index is 679. The van der Waals surface area contributed by atoms with Crippen LogP contribution in [-0.2, 0) is 4.79 Å². The number of hydrogen-bond acceptors (Lipinski definition) is 4. The van der Waals surface area contributed by atoms with Gasteiger partial charge < -0.3 is 10.1 Å².